The molecule has 0 aliphatic carbocycles. The van der Waals surface area contributed by atoms with Gasteiger partial charge < -0.3 is 9.84 Å². The average Bonchev–Trinajstić information content (AvgIpc) is 2.38. The normalized spacial score (nSPS) is 11.8. The highest BCUT2D eigenvalue weighted by Crippen LogP contribution is 2.20. The Balaban J connectivity index is 3.08. The largest absolute Gasteiger partial charge is 0.478 e. The van der Waals surface area contributed by atoms with E-state index in [0.717, 1.165) is 4.31 Å². The molecule has 1 aromatic rings. The van der Waals surface area contributed by atoms with E-state index in [1.807, 2.05) is 6.92 Å². The lowest BCUT2D eigenvalue weighted by molar-refractivity contribution is 0.0696. The first-order valence-corrected chi connectivity index (χ1v) is 7.62. The summed E-state index contributed by atoms with van der Waals surface area (Å²) in [5.41, 5.74) is 0.464. The molecular formula is C13H19NO5S. The maximum Gasteiger partial charge on any atom is 0.335 e. The number of carboxylic acids is 1. The number of carboxylic acid groups (broad SMARTS) is 1. The number of sulfonamides is 1. The minimum absolute atomic E-state index is 0.0106. The Morgan fingerprint density at radius 1 is 1.40 bits per heavy atom. The van der Waals surface area contributed by atoms with Gasteiger partial charge in [-0.2, -0.15) is 4.31 Å². The van der Waals surface area contributed by atoms with E-state index in [9.17, 15) is 13.2 Å². The number of rotatable bonds is 7. The molecule has 0 saturated heterocycles. The third-order valence-corrected chi connectivity index (χ3v) is 4.88. The smallest absolute Gasteiger partial charge is 0.335 e. The van der Waals surface area contributed by atoms with Crippen molar-refractivity contribution < 1.29 is 23.1 Å². The van der Waals surface area contributed by atoms with Crippen molar-refractivity contribution >= 4 is 16.0 Å². The van der Waals surface area contributed by atoms with Crippen LogP contribution in [0.4, 0.5) is 0 Å². The summed E-state index contributed by atoms with van der Waals surface area (Å²) in [5, 5.41) is 8.95. The fraction of sp³-hybridized carbons (Fsp3) is 0.462. The van der Waals surface area contributed by atoms with Crippen LogP contribution in [0.15, 0.2) is 23.1 Å². The number of aryl methyl sites for hydroxylation is 1. The summed E-state index contributed by atoms with van der Waals surface area (Å²) in [4.78, 5) is 11.0. The second-order valence-corrected chi connectivity index (χ2v) is 6.32. The molecule has 0 saturated carbocycles. The second kappa shape index (κ2) is 6.83. The van der Waals surface area contributed by atoms with Crippen LogP contribution in [-0.4, -0.2) is 50.6 Å². The molecule has 0 aliphatic rings. The van der Waals surface area contributed by atoms with E-state index in [-0.39, 0.29) is 17.0 Å². The number of nitrogens with zero attached hydrogens (tertiary/aromatic N) is 1. The monoisotopic (exact) mass is 301 g/mol. The highest BCUT2D eigenvalue weighted by molar-refractivity contribution is 7.89. The van der Waals surface area contributed by atoms with Crippen molar-refractivity contribution in [2.45, 2.75) is 18.7 Å². The fourth-order valence-electron chi connectivity index (χ4n) is 1.64. The van der Waals surface area contributed by atoms with Gasteiger partial charge in [0.25, 0.3) is 0 Å². The van der Waals surface area contributed by atoms with Crippen molar-refractivity contribution in [2.24, 2.45) is 0 Å². The summed E-state index contributed by atoms with van der Waals surface area (Å²) in [6.45, 7) is 4.49. The van der Waals surface area contributed by atoms with Gasteiger partial charge >= 0.3 is 5.97 Å². The molecule has 1 N–H and O–H groups in total. The van der Waals surface area contributed by atoms with Gasteiger partial charge in [0.05, 0.1) is 17.1 Å². The average molecular weight is 301 g/mol. The predicted molar refractivity (Wildman–Crippen MR) is 74.4 cm³/mol. The third-order valence-electron chi connectivity index (χ3n) is 2.88. The van der Waals surface area contributed by atoms with Crippen LogP contribution < -0.4 is 0 Å². The molecule has 112 valence electrons. The van der Waals surface area contributed by atoms with E-state index in [1.54, 1.807) is 6.92 Å². The van der Waals surface area contributed by atoms with E-state index in [4.69, 9.17) is 9.84 Å². The number of ether oxygens (including phenoxy) is 1. The fourth-order valence-corrected chi connectivity index (χ4v) is 3.04. The number of benzene rings is 1. The Hall–Kier alpha value is -1.44. The van der Waals surface area contributed by atoms with E-state index in [1.165, 1.54) is 25.2 Å². The van der Waals surface area contributed by atoms with E-state index in [0.29, 0.717) is 18.8 Å². The van der Waals surface area contributed by atoms with Crippen LogP contribution in [0.25, 0.3) is 0 Å². The van der Waals surface area contributed by atoms with Gasteiger partial charge in [0, 0.05) is 20.2 Å². The molecule has 0 spiro atoms. The molecule has 20 heavy (non-hydrogen) atoms. The molecule has 0 bridgehead atoms. The SMILES string of the molecule is CCOCCN(C)S(=O)(=O)c1cc(C(=O)O)ccc1C. The molecule has 0 radical (unpaired) electrons. The van der Waals surface area contributed by atoms with Crippen molar-refractivity contribution in [1.82, 2.24) is 4.31 Å². The lowest BCUT2D eigenvalue weighted by Gasteiger charge is -2.18. The lowest BCUT2D eigenvalue weighted by atomic mass is 10.1. The Morgan fingerprint density at radius 2 is 2.05 bits per heavy atom. The maximum atomic E-state index is 12.4. The van der Waals surface area contributed by atoms with Gasteiger partial charge in [0.1, 0.15) is 0 Å². The second-order valence-electron chi connectivity index (χ2n) is 4.31. The highest BCUT2D eigenvalue weighted by Gasteiger charge is 2.23. The Morgan fingerprint density at radius 3 is 2.60 bits per heavy atom. The van der Waals surface area contributed by atoms with Crippen LogP contribution in [0.2, 0.25) is 0 Å². The molecule has 0 atom stereocenters. The number of aromatic carboxylic acids is 1. The predicted octanol–water partition coefficient (Wildman–Crippen LogP) is 1.35. The van der Waals surface area contributed by atoms with Gasteiger partial charge in [0.2, 0.25) is 10.0 Å². The van der Waals surface area contributed by atoms with Crippen LogP contribution in [0.5, 0.6) is 0 Å². The van der Waals surface area contributed by atoms with Crippen molar-refractivity contribution in [1.29, 1.82) is 0 Å². The Bertz CT molecular complexity index is 582. The molecular weight excluding hydrogens is 282 g/mol. The van der Waals surface area contributed by atoms with E-state index < -0.39 is 16.0 Å². The van der Waals surface area contributed by atoms with Gasteiger partial charge in [0.15, 0.2) is 0 Å². The van der Waals surface area contributed by atoms with Gasteiger partial charge in [-0.25, -0.2) is 13.2 Å². The molecule has 6 nitrogen and oxygen atoms in total. The van der Waals surface area contributed by atoms with Crippen molar-refractivity contribution in [3.63, 3.8) is 0 Å². The molecule has 1 aromatic carbocycles. The number of hydrogen-bond acceptors (Lipinski definition) is 4. The molecule has 0 unspecified atom stereocenters. The first-order chi connectivity index (χ1) is 9.30. The minimum atomic E-state index is -3.72. The van der Waals surface area contributed by atoms with Gasteiger partial charge in [-0.3, -0.25) is 0 Å². The Kier molecular flexibility index (Phi) is 5.67. The summed E-state index contributed by atoms with van der Waals surface area (Å²) >= 11 is 0. The van der Waals surface area contributed by atoms with E-state index in [2.05, 4.69) is 0 Å². The maximum absolute atomic E-state index is 12.4. The lowest BCUT2D eigenvalue weighted by Crippen LogP contribution is -2.31. The summed E-state index contributed by atoms with van der Waals surface area (Å²) in [5.74, 6) is -1.15. The zero-order chi connectivity index (χ0) is 15.3. The van der Waals surface area contributed by atoms with E-state index >= 15 is 0 Å². The van der Waals surface area contributed by atoms with Crippen molar-refractivity contribution in [3.05, 3.63) is 29.3 Å². The molecule has 0 aromatic heterocycles. The van der Waals surface area contributed by atoms with Crippen LogP contribution in [-0.2, 0) is 14.8 Å². The quantitative estimate of drug-likeness (QED) is 0.769. The summed E-state index contributed by atoms with van der Waals surface area (Å²) in [6, 6.07) is 4.06. The van der Waals surface area contributed by atoms with Crippen molar-refractivity contribution in [3.8, 4) is 0 Å². The summed E-state index contributed by atoms with van der Waals surface area (Å²) in [6.07, 6.45) is 0. The molecule has 0 fully saturated rings. The molecule has 0 heterocycles. The Labute approximate surface area is 119 Å². The van der Waals surface area contributed by atoms with Crippen LogP contribution in [0, 0.1) is 6.92 Å². The molecule has 1 rings (SSSR count). The number of likely N-dealkylation sites (N-methyl/N-ethyl adjacent to an activating group) is 1. The van der Waals surface area contributed by atoms with Crippen LogP contribution in [0.1, 0.15) is 22.8 Å². The zero-order valence-corrected chi connectivity index (χ0v) is 12.6. The first kappa shape index (κ1) is 16.6. The zero-order valence-electron chi connectivity index (χ0n) is 11.8. The molecule has 7 heteroatoms. The van der Waals surface area contributed by atoms with Gasteiger partial charge in [-0.05, 0) is 31.5 Å². The summed E-state index contributed by atoms with van der Waals surface area (Å²) in [7, 11) is -2.27. The van der Waals surface area contributed by atoms with Gasteiger partial charge in [-0.1, -0.05) is 6.07 Å². The van der Waals surface area contributed by atoms with Crippen LogP contribution >= 0.6 is 0 Å². The summed E-state index contributed by atoms with van der Waals surface area (Å²) < 4.78 is 31.1. The first-order valence-electron chi connectivity index (χ1n) is 6.18. The standard InChI is InChI=1S/C13H19NO5S/c1-4-19-8-7-14(3)20(17,18)12-9-11(13(15)16)6-5-10(12)2/h5-6,9H,4,7-8H2,1-3H3,(H,15,16). The van der Waals surface area contributed by atoms with Crippen molar-refractivity contribution in [2.75, 3.05) is 26.8 Å². The number of carbonyl (C=O) groups is 1. The number of hydrogen-bond donors (Lipinski definition) is 1. The minimum Gasteiger partial charge on any atom is -0.478 e. The topological polar surface area (TPSA) is 83.9 Å². The van der Waals surface area contributed by atoms with Gasteiger partial charge in [-0.15, -0.1) is 0 Å². The molecule has 0 aliphatic heterocycles. The van der Waals surface area contributed by atoms with Crippen LogP contribution in [0.3, 0.4) is 0 Å². The third kappa shape index (κ3) is 3.78. The highest BCUT2D eigenvalue weighted by atomic mass is 32.2. The molecule has 0 amide bonds.